The van der Waals surface area contributed by atoms with Crippen molar-refractivity contribution >= 4 is 5.97 Å². The summed E-state index contributed by atoms with van der Waals surface area (Å²) < 4.78 is 4.97. The molecule has 0 aliphatic carbocycles. The molecule has 0 saturated heterocycles. The van der Waals surface area contributed by atoms with Gasteiger partial charge >= 0.3 is 5.97 Å². The van der Waals surface area contributed by atoms with Crippen LogP contribution in [-0.2, 0) is 21.5 Å². The number of nitrogens with one attached hydrogen (secondary N) is 1. The van der Waals surface area contributed by atoms with E-state index in [4.69, 9.17) is 4.74 Å². The number of carbonyl (C=O) groups excluding carboxylic acids is 1. The predicted molar refractivity (Wildman–Crippen MR) is 73.5 cm³/mol. The normalized spacial score (nSPS) is 14.0. The minimum Gasteiger partial charge on any atom is -0.467 e. The van der Waals surface area contributed by atoms with Crippen molar-refractivity contribution in [3.8, 4) is 0 Å². The van der Waals surface area contributed by atoms with Gasteiger partial charge in [0.15, 0.2) is 0 Å². The Kier molecular flexibility index (Phi) is 5.35. The molecular formula is C15H23NO2. The highest BCUT2D eigenvalue weighted by Gasteiger charge is 2.38. The van der Waals surface area contributed by atoms with E-state index in [9.17, 15) is 4.79 Å². The van der Waals surface area contributed by atoms with E-state index in [0.717, 1.165) is 18.5 Å². The highest BCUT2D eigenvalue weighted by Crippen LogP contribution is 2.27. The summed E-state index contributed by atoms with van der Waals surface area (Å²) in [6, 6.07) is 8.17. The quantitative estimate of drug-likeness (QED) is 0.788. The molecule has 3 nitrogen and oxygen atoms in total. The molecule has 0 aliphatic rings. The number of aryl methyl sites for hydroxylation is 1. The molecule has 0 bridgehead atoms. The molecule has 1 N–H and O–H groups in total. The van der Waals surface area contributed by atoms with Crippen LogP contribution in [0.2, 0.25) is 0 Å². The van der Waals surface area contributed by atoms with Gasteiger partial charge in [0, 0.05) is 0 Å². The molecule has 0 fully saturated rings. The molecule has 0 radical (unpaired) electrons. The van der Waals surface area contributed by atoms with Gasteiger partial charge in [-0.25, -0.2) is 4.79 Å². The van der Waals surface area contributed by atoms with Crippen molar-refractivity contribution in [3.05, 3.63) is 35.4 Å². The number of benzene rings is 1. The number of hydrogen-bond donors (Lipinski definition) is 1. The second-order valence-electron chi connectivity index (χ2n) is 4.33. The van der Waals surface area contributed by atoms with E-state index >= 15 is 0 Å². The van der Waals surface area contributed by atoms with E-state index in [0.29, 0.717) is 6.42 Å². The number of esters is 1. The van der Waals surface area contributed by atoms with Crippen LogP contribution in [-0.4, -0.2) is 19.6 Å². The zero-order valence-electron chi connectivity index (χ0n) is 11.7. The average molecular weight is 249 g/mol. The maximum atomic E-state index is 12.1. The second kappa shape index (κ2) is 6.55. The number of likely N-dealkylation sites (N-methyl/N-ethyl adjacent to an activating group) is 1. The van der Waals surface area contributed by atoms with Crippen LogP contribution in [0.5, 0.6) is 0 Å². The van der Waals surface area contributed by atoms with E-state index in [1.165, 1.54) is 12.7 Å². The van der Waals surface area contributed by atoms with Gasteiger partial charge in [0.1, 0.15) is 5.54 Å². The molecule has 1 aromatic rings. The van der Waals surface area contributed by atoms with Crippen molar-refractivity contribution in [3.63, 3.8) is 0 Å². The molecule has 0 heterocycles. The fourth-order valence-corrected chi connectivity index (χ4v) is 2.27. The van der Waals surface area contributed by atoms with Gasteiger partial charge in [-0.2, -0.15) is 0 Å². The topological polar surface area (TPSA) is 38.3 Å². The molecule has 1 atom stereocenters. The molecule has 1 rings (SSSR count). The lowest BCUT2D eigenvalue weighted by atomic mass is 9.86. The molecule has 18 heavy (non-hydrogen) atoms. The van der Waals surface area contributed by atoms with Gasteiger partial charge in [-0.1, -0.05) is 45.0 Å². The lowest BCUT2D eigenvalue weighted by Gasteiger charge is -2.31. The number of ether oxygens (including phenoxy) is 1. The fraction of sp³-hybridized carbons (Fsp3) is 0.533. The van der Waals surface area contributed by atoms with Gasteiger partial charge in [0.05, 0.1) is 7.11 Å². The Balaban J connectivity index is 3.18. The first-order valence-electron chi connectivity index (χ1n) is 6.57. The molecule has 3 heteroatoms. The Bertz CT molecular complexity index is 386. The van der Waals surface area contributed by atoms with Gasteiger partial charge in [-0.3, -0.25) is 5.32 Å². The van der Waals surface area contributed by atoms with Gasteiger partial charge in [-0.05, 0) is 30.5 Å². The van der Waals surface area contributed by atoms with Gasteiger partial charge < -0.3 is 4.74 Å². The smallest absolute Gasteiger partial charge is 0.330 e. The first-order valence-corrected chi connectivity index (χ1v) is 6.57. The summed E-state index contributed by atoms with van der Waals surface area (Å²) in [6.45, 7) is 6.83. The lowest BCUT2D eigenvalue weighted by molar-refractivity contribution is -0.149. The summed E-state index contributed by atoms with van der Waals surface area (Å²) in [5.74, 6) is -0.226. The first-order chi connectivity index (χ1) is 8.64. The Hall–Kier alpha value is -1.35. The van der Waals surface area contributed by atoms with Crippen LogP contribution < -0.4 is 5.32 Å². The maximum Gasteiger partial charge on any atom is 0.330 e. The maximum absolute atomic E-state index is 12.1. The van der Waals surface area contributed by atoms with Crippen molar-refractivity contribution in [1.82, 2.24) is 5.32 Å². The summed E-state index contributed by atoms with van der Waals surface area (Å²) >= 11 is 0. The van der Waals surface area contributed by atoms with E-state index in [2.05, 4.69) is 24.4 Å². The number of methoxy groups -OCH3 is 1. The number of hydrogen-bond acceptors (Lipinski definition) is 3. The Morgan fingerprint density at radius 1 is 1.22 bits per heavy atom. The third-order valence-electron chi connectivity index (χ3n) is 3.40. The van der Waals surface area contributed by atoms with Crippen molar-refractivity contribution in [2.24, 2.45) is 0 Å². The molecule has 100 valence electrons. The van der Waals surface area contributed by atoms with E-state index < -0.39 is 5.54 Å². The van der Waals surface area contributed by atoms with Crippen molar-refractivity contribution in [2.45, 2.75) is 39.2 Å². The lowest BCUT2D eigenvalue weighted by Crippen LogP contribution is -2.49. The monoisotopic (exact) mass is 249 g/mol. The highest BCUT2D eigenvalue weighted by molar-refractivity contribution is 5.82. The van der Waals surface area contributed by atoms with E-state index in [1.54, 1.807) is 0 Å². The molecule has 1 aromatic carbocycles. The Morgan fingerprint density at radius 3 is 2.22 bits per heavy atom. The van der Waals surface area contributed by atoms with Gasteiger partial charge in [-0.15, -0.1) is 0 Å². The van der Waals surface area contributed by atoms with Crippen molar-refractivity contribution < 1.29 is 9.53 Å². The minimum absolute atomic E-state index is 0.226. The van der Waals surface area contributed by atoms with Crippen LogP contribution in [0.15, 0.2) is 24.3 Å². The molecule has 0 aromatic heterocycles. The summed E-state index contributed by atoms with van der Waals surface area (Å²) in [4.78, 5) is 12.1. The third-order valence-corrected chi connectivity index (χ3v) is 3.40. The fourth-order valence-electron chi connectivity index (χ4n) is 2.27. The van der Waals surface area contributed by atoms with Crippen LogP contribution in [0.4, 0.5) is 0 Å². The standard InChI is InChI=1S/C15H23NO2/c1-5-12-8-10-13(11-9-12)15(6-2,16-7-3)14(17)18-4/h8-11,16H,5-7H2,1-4H3. The SMILES string of the molecule is CCNC(CC)(C(=O)OC)c1ccc(CC)cc1. The highest BCUT2D eigenvalue weighted by atomic mass is 16.5. The zero-order chi connectivity index (χ0) is 13.6. The van der Waals surface area contributed by atoms with E-state index in [1.807, 2.05) is 26.0 Å². The molecule has 0 amide bonds. The molecule has 1 unspecified atom stereocenters. The van der Waals surface area contributed by atoms with Crippen molar-refractivity contribution in [2.75, 3.05) is 13.7 Å². The third kappa shape index (κ3) is 2.72. The van der Waals surface area contributed by atoms with Crippen LogP contribution in [0.3, 0.4) is 0 Å². The molecule has 0 aliphatic heterocycles. The number of rotatable bonds is 6. The first kappa shape index (κ1) is 14.7. The predicted octanol–water partition coefficient (Wildman–Crippen LogP) is 2.64. The number of carbonyl (C=O) groups is 1. The summed E-state index contributed by atoms with van der Waals surface area (Å²) in [6.07, 6.45) is 1.66. The Morgan fingerprint density at radius 2 is 1.83 bits per heavy atom. The van der Waals surface area contributed by atoms with Crippen LogP contribution in [0.25, 0.3) is 0 Å². The summed E-state index contributed by atoms with van der Waals surface area (Å²) in [7, 11) is 1.44. The summed E-state index contributed by atoms with van der Waals surface area (Å²) in [5.41, 5.74) is 1.51. The second-order valence-corrected chi connectivity index (χ2v) is 4.33. The van der Waals surface area contributed by atoms with Crippen LogP contribution in [0, 0.1) is 0 Å². The van der Waals surface area contributed by atoms with Crippen molar-refractivity contribution in [1.29, 1.82) is 0 Å². The largest absolute Gasteiger partial charge is 0.467 e. The minimum atomic E-state index is -0.726. The van der Waals surface area contributed by atoms with Gasteiger partial charge in [0.2, 0.25) is 0 Å². The van der Waals surface area contributed by atoms with Gasteiger partial charge in [0.25, 0.3) is 0 Å². The molecule has 0 saturated carbocycles. The molecular weight excluding hydrogens is 226 g/mol. The average Bonchev–Trinajstić information content (AvgIpc) is 2.44. The van der Waals surface area contributed by atoms with Crippen LogP contribution >= 0.6 is 0 Å². The molecule has 0 spiro atoms. The van der Waals surface area contributed by atoms with Crippen LogP contribution in [0.1, 0.15) is 38.3 Å². The van der Waals surface area contributed by atoms with E-state index in [-0.39, 0.29) is 5.97 Å². The summed E-state index contributed by atoms with van der Waals surface area (Å²) in [5, 5.41) is 3.28. The zero-order valence-corrected chi connectivity index (χ0v) is 11.7. The Labute approximate surface area is 110 Å².